The first-order chi connectivity index (χ1) is 22.3. The quantitative estimate of drug-likeness (QED) is 0.156. The smallest absolute Gasteiger partial charge is 0.234 e. The topological polar surface area (TPSA) is 113 Å². The number of amides is 4. The summed E-state index contributed by atoms with van der Waals surface area (Å²) < 4.78 is 0. The SMILES string of the molecule is C.C.CC(C)(C)C(=O)NC1CCCC1.CC(C)(C)CC(=O)CCCCC1SCC2CC(=O)NC21.CC(C)(C)N1C(=O)C2C3C=CC(C3)C2C1=O. The number of ketones is 1. The van der Waals surface area contributed by atoms with Crippen LogP contribution >= 0.6 is 11.8 Å². The number of likely N-dealkylation sites (tertiary alicyclic amines) is 1. The lowest BCUT2D eigenvalue weighted by Crippen LogP contribution is -2.46. The maximum absolute atomic E-state index is 12.3. The van der Waals surface area contributed by atoms with Crippen LogP contribution < -0.4 is 10.6 Å². The lowest BCUT2D eigenvalue weighted by molar-refractivity contribution is -0.146. The molecule has 8 nitrogen and oxygen atoms in total. The van der Waals surface area contributed by atoms with E-state index in [-0.39, 0.29) is 66.7 Å². The van der Waals surface area contributed by atoms with Crippen LogP contribution in [0.15, 0.2) is 12.2 Å². The van der Waals surface area contributed by atoms with Crippen LogP contribution in [0.5, 0.6) is 0 Å². The Morgan fingerprint density at radius 3 is 1.94 bits per heavy atom. The minimum absolute atomic E-state index is 0. The number of unbranched alkanes of at least 4 members (excludes halogenated alkanes) is 1. The van der Waals surface area contributed by atoms with Gasteiger partial charge in [0, 0.05) is 47.6 Å². The lowest BCUT2D eigenvalue weighted by atomic mass is 9.85. The van der Waals surface area contributed by atoms with Gasteiger partial charge in [-0.1, -0.05) is 87.8 Å². The summed E-state index contributed by atoms with van der Waals surface area (Å²) in [7, 11) is 0. The van der Waals surface area contributed by atoms with Gasteiger partial charge in [0.1, 0.15) is 5.78 Å². The molecule has 4 amide bonds. The number of nitrogens with one attached hydrogen (secondary N) is 2. The fourth-order valence-corrected chi connectivity index (χ4v) is 9.93. The summed E-state index contributed by atoms with van der Waals surface area (Å²) in [6, 6.07) is 0.856. The second-order valence-electron chi connectivity index (χ2n) is 18.3. The Bertz CT molecular complexity index is 1210. The molecule has 7 atom stereocenters. The number of Topliss-reactive ketones (excluding diaryl/α,β-unsaturated/α-hetero) is 1. The first-order valence-electron chi connectivity index (χ1n) is 18.6. The number of rotatable bonds is 7. The molecule has 286 valence electrons. The monoisotopic (exact) mass is 718 g/mol. The minimum Gasteiger partial charge on any atom is -0.353 e. The Hall–Kier alpha value is -2.16. The summed E-state index contributed by atoms with van der Waals surface area (Å²) >= 11 is 2.01. The Morgan fingerprint density at radius 1 is 0.880 bits per heavy atom. The number of allylic oxidation sites excluding steroid dienone is 2. The normalized spacial score (nSPS) is 29.6. The molecule has 3 aliphatic carbocycles. The summed E-state index contributed by atoms with van der Waals surface area (Å²) in [5.41, 5.74) is -0.500. The van der Waals surface area contributed by atoms with Gasteiger partial charge in [-0.05, 0) is 81.8 Å². The van der Waals surface area contributed by atoms with E-state index >= 15 is 0 Å². The Kier molecular flexibility index (Phi) is 15.5. The number of thioether (sulfide) groups is 1. The lowest BCUT2D eigenvalue weighted by Gasteiger charge is -2.31. The number of hydrogen-bond donors (Lipinski definition) is 2. The summed E-state index contributed by atoms with van der Waals surface area (Å²) in [4.78, 5) is 60.8. The zero-order chi connectivity index (χ0) is 35.6. The van der Waals surface area contributed by atoms with Crippen LogP contribution in [0.25, 0.3) is 0 Å². The third kappa shape index (κ3) is 11.2. The van der Waals surface area contributed by atoms with Crippen LogP contribution in [0.4, 0.5) is 0 Å². The molecule has 50 heavy (non-hydrogen) atoms. The van der Waals surface area contributed by atoms with E-state index in [0.29, 0.717) is 47.3 Å². The predicted octanol–water partition coefficient (Wildman–Crippen LogP) is 8.13. The van der Waals surface area contributed by atoms with Crippen molar-refractivity contribution in [2.75, 3.05) is 5.75 Å². The fraction of sp³-hybridized carbons (Fsp3) is 0.829. The molecule has 0 aromatic heterocycles. The number of nitrogens with zero attached hydrogens (tertiary/aromatic N) is 1. The van der Waals surface area contributed by atoms with Crippen molar-refractivity contribution in [3.8, 4) is 0 Å². The first kappa shape index (κ1) is 44.0. The van der Waals surface area contributed by atoms with Crippen LogP contribution in [0, 0.1) is 40.4 Å². The Labute approximate surface area is 308 Å². The molecule has 5 fully saturated rings. The van der Waals surface area contributed by atoms with Crippen molar-refractivity contribution in [2.24, 2.45) is 40.4 Å². The highest BCUT2D eigenvalue weighted by Gasteiger charge is 2.61. The molecule has 0 aromatic rings. The second-order valence-corrected chi connectivity index (χ2v) is 19.6. The molecule has 3 heterocycles. The third-order valence-electron chi connectivity index (χ3n) is 10.6. The Morgan fingerprint density at radius 2 is 1.44 bits per heavy atom. The van der Waals surface area contributed by atoms with Crippen molar-refractivity contribution in [2.45, 2.75) is 171 Å². The fourth-order valence-electron chi connectivity index (χ4n) is 8.28. The molecule has 2 saturated carbocycles. The first-order valence-corrected chi connectivity index (χ1v) is 19.6. The van der Waals surface area contributed by atoms with E-state index in [9.17, 15) is 24.0 Å². The zero-order valence-corrected chi connectivity index (χ0v) is 32.0. The number of carbonyl (C=O) groups is 5. The van der Waals surface area contributed by atoms with Gasteiger partial charge in [-0.2, -0.15) is 11.8 Å². The molecule has 2 N–H and O–H groups in total. The average molecular weight is 718 g/mol. The van der Waals surface area contributed by atoms with E-state index < -0.39 is 0 Å². The largest absolute Gasteiger partial charge is 0.353 e. The average Bonchev–Trinajstić information content (AvgIpc) is 3.78. The van der Waals surface area contributed by atoms with Crippen molar-refractivity contribution < 1.29 is 24.0 Å². The van der Waals surface area contributed by atoms with Crippen molar-refractivity contribution >= 4 is 41.2 Å². The molecule has 6 rings (SSSR count). The van der Waals surface area contributed by atoms with Gasteiger partial charge < -0.3 is 10.6 Å². The van der Waals surface area contributed by atoms with Crippen molar-refractivity contribution in [3.05, 3.63) is 12.2 Å². The molecule has 0 aromatic carbocycles. The van der Waals surface area contributed by atoms with Crippen LogP contribution in [0.3, 0.4) is 0 Å². The molecule has 3 saturated heterocycles. The molecule has 0 spiro atoms. The van der Waals surface area contributed by atoms with Gasteiger partial charge in [0.25, 0.3) is 0 Å². The van der Waals surface area contributed by atoms with Gasteiger partial charge in [0.15, 0.2) is 0 Å². The van der Waals surface area contributed by atoms with Gasteiger partial charge in [-0.15, -0.1) is 0 Å². The second kappa shape index (κ2) is 17.6. The van der Waals surface area contributed by atoms with Gasteiger partial charge in [0.2, 0.25) is 23.6 Å². The summed E-state index contributed by atoms with van der Waals surface area (Å²) in [6.45, 7) is 18.0. The molecule has 2 bridgehead atoms. The molecule has 6 aliphatic rings. The van der Waals surface area contributed by atoms with E-state index in [2.05, 4.69) is 43.6 Å². The minimum atomic E-state index is -0.377. The molecule has 0 radical (unpaired) electrons. The summed E-state index contributed by atoms with van der Waals surface area (Å²) in [5, 5.41) is 6.77. The summed E-state index contributed by atoms with van der Waals surface area (Å²) in [5.74, 6) is 3.13. The number of carbonyl (C=O) groups excluding carboxylic acids is 5. The number of hydrogen-bond acceptors (Lipinski definition) is 6. The highest BCUT2D eigenvalue weighted by molar-refractivity contribution is 8.00. The molecular weight excluding hydrogens is 647 g/mol. The molecule has 3 aliphatic heterocycles. The van der Waals surface area contributed by atoms with Crippen molar-refractivity contribution in [3.63, 3.8) is 0 Å². The van der Waals surface area contributed by atoms with Gasteiger partial charge in [-0.3, -0.25) is 28.9 Å². The van der Waals surface area contributed by atoms with E-state index in [1.165, 1.54) is 30.6 Å². The third-order valence-corrected chi connectivity index (χ3v) is 12.2. The van der Waals surface area contributed by atoms with Crippen molar-refractivity contribution in [1.29, 1.82) is 0 Å². The van der Waals surface area contributed by atoms with Gasteiger partial charge in [-0.25, -0.2) is 0 Å². The van der Waals surface area contributed by atoms with Crippen LogP contribution in [0.2, 0.25) is 0 Å². The summed E-state index contributed by atoms with van der Waals surface area (Å²) in [6.07, 6.45) is 15.5. The number of imide groups is 1. The standard InChI is InChI=1S/C16H27NO2S.C13H17NO2.C10H19NO.2CH4/c1-16(2,3)9-12(18)6-4-5-7-13-15-11(10-20-13)8-14(19)17-15;1-13(2,3)14-11(15)9-7-4-5-8(6-7)10(9)12(14)16;1-10(2,3)9(12)11-8-6-4-5-7-8;;/h11,13,15H,4-10H2,1-3H3,(H,17,19);4-5,7-10H,6H2,1-3H3;8H,4-7H2,1-3H3,(H,11,12);2*1H4. The van der Waals surface area contributed by atoms with Crippen LogP contribution in [-0.4, -0.2) is 62.9 Å². The highest BCUT2D eigenvalue weighted by atomic mass is 32.2. The van der Waals surface area contributed by atoms with E-state index in [0.717, 1.165) is 44.3 Å². The molecular formula is C41H71N3O5S. The Balaban J connectivity index is 0.000000263. The van der Waals surface area contributed by atoms with E-state index in [4.69, 9.17) is 0 Å². The maximum atomic E-state index is 12.3. The molecule has 9 heteroatoms. The van der Waals surface area contributed by atoms with Crippen molar-refractivity contribution in [1.82, 2.24) is 15.5 Å². The van der Waals surface area contributed by atoms with Crippen LogP contribution in [-0.2, 0) is 24.0 Å². The number of fused-ring (bicyclic) bond motifs is 6. The van der Waals surface area contributed by atoms with E-state index in [1.807, 2.05) is 53.3 Å². The maximum Gasteiger partial charge on any atom is 0.234 e. The predicted molar refractivity (Wildman–Crippen MR) is 206 cm³/mol. The molecule has 7 unspecified atom stereocenters. The van der Waals surface area contributed by atoms with Crippen LogP contribution in [0.1, 0.15) is 148 Å². The van der Waals surface area contributed by atoms with E-state index in [1.54, 1.807) is 0 Å². The highest BCUT2D eigenvalue weighted by Crippen LogP contribution is 2.53. The van der Waals surface area contributed by atoms with Gasteiger partial charge >= 0.3 is 0 Å². The zero-order valence-electron chi connectivity index (χ0n) is 31.2. The van der Waals surface area contributed by atoms with Gasteiger partial charge in [0.05, 0.1) is 11.8 Å².